The van der Waals surface area contributed by atoms with Crippen LogP contribution < -0.4 is 0 Å². The number of piperidine rings is 1. The van der Waals surface area contributed by atoms with Crippen molar-refractivity contribution in [2.24, 2.45) is 11.8 Å². The van der Waals surface area contributed by atoms with Crippen LogP contribution in [0.2, 0.25) is 0 Å². The van der Waals surface area contributed by atoms with E-state index < -0.39 is 0 Å². The van der Waals surface area contributed by atoms with Crippen LogP contribution in [0.15, 0.2) is 0 Å². The van der Waals surface area contributed by atoms with Gasteiger partial charge in [0.15, 0.2) is 0 Å². The van der Waals surface area contributed by atoms with Gasteiger partial charge in [-0.15, -0.1) is 0 Å². The highest BCUT2D eigenvalue weighted by Crippen LogP contribution is 2.22. The molecule has 0 radical (unpaired) electrons. The molecule has 2 heteroatoms. The van der Waals surface area contributed by atoms with Crippen LogP contribution >= 0.6 is 15.9 Å². The number of alkyl halides is 1. The van der Waals surface area contributed by atoms with Gasteiger partial charge < -0.3 is 4.90 Å². The van der Waals surface area contributed by atoms with Gasteiger partial charge in [0.2, 0.25) is 0 Å². The maximum atomic E-state index is 3.48. The lowest BCUT2D eigenvalue weighted by atomic mass is 9.89. The Morgan fingerprint density at radius 2 is 2.08 bits per heavy atom. The molecular weight excluding hydrogens is 214 g/mol. The minimum Gasteiger partial charge on any atom is -0.303 e. The summed E-state index contributed by atoms with van der Waals surface area (Å²) in [5, 5.41) is 1.15. The molecule has 72 valence electrons. The molecule has 0 amide bonds. The van der Waals surface area contributed by atoms with E-state index in [9.17, 15) is 0 Å². The maximum absolute atomic E-state index is 3.48. The molecule has 1 rings (SSSR count). The molecule has 0 aliphatic carbocycles. The van der Waals surface area contributed by atoms with E-state index in [0.717, 1.165) is 17.2 Å². The van der Waals surface area contributed by atoms with E-state index in [-0.39, 0.29) is 0 Å². The lowest BCUT2D eigenvalue weighted by Crippen LogP contribution is -2.38. The normalized spacial score (nSPS) is 32.2. The van der Waals surface area contributed by atoms with Crippen molar-refractivity contribution in [3.05, 3.63) is 0 Å². The van der Waals surface area contributed by atoms with Crippen molar-refractivity contribution in [3.8, 4) is 0 Å². The van der Waals surface area contributed by atoms with Gasteiger partial charge in [0.05, 0.1) is 0 Å². The highest BCUT2D eigenvalue weighted by molar-refractivity contribution is 9.09. The molecule has 0 spiro atoms. The van der Waals surface area contributed by atoms with Crippen molar-refractivity contribution in [3.63, 3.8) is 0 Å². The van der Waals surface area contributed by atoms with Crippen molar-refractivity contribution in [1.29, 1.82) is 0 Å². The first kappa shape index (κ1) is 10.5. The lowest BCUT2D eigenvalue weighted by molar-refractivity contribution is 0.139. The molecule has 1 aliphatic rings. The Labute approximate surface area is 84.6 Å². The van der Waals surface area contributed by atoms with E-state index in [4.69, 9.17) is 0 Å². The number of likely N-dealkylation sites (tertiary alicyclic amines) is 1. The number of halogens is 1. The zero-order valence-electron chi connectivity index (χ0n) is 8.22. The summed E-state index contributed by atoms with van der Waals surface area (Å²) >= 11 is 3.48. The Kier molecular flexibility index (Phi) is 4.59. The second kappa shape index (κ2) is 5.23. The molecule has 0 bridgehead atoms. The van der Waals surface area contributed by atoms with Crippen LogP contribution in [0.3, 0.4) is 0 Å². The number of hydrogen-bond acceptors (Lipinski definition) is 1. The van der Waals surface area contributed by atoms with Gasteiger partial charge >= 0.3 is 0 Å². The summed E-state index contributed by atoms with van der Waals surface area (Å²) in [6, 6.07) is 0. The molecule has 0 saturated carbocycles. The largest absolute Gasteiger partial charge is 0.303 e. The Morgan fingerprint density at radius 3 is 2.67 bits per heavy atom. The van der Waals surface area contributed by atoms with Gasteiger partial charge in [-0.25, -0.2) is 0 Å². The smallest absolute Gasteiger partial charge is 0.00434 e. The topological polar surface area (TPSA) is 3.24 Å². The third kappa shape index (κ3) is 3.06. The van der Waals surface area contributed by atoms with E-state index in [1.54, 1.807) is 0 Å². The van der Waals surface area contributed by atoms with Gasteiger partial charge in [0, 0.05) is 11.9 Å². The molecule has 0 aromatic rings. The Bertz CT molecular complexity index is 125. The van der Waals surface area contributed by atoms with E-state index in [1.807, 2.05) is 0 Å². The summed E-state index contributed by atoms with van der Waals surface area (Å²) < 4.78 is 0. The second-order valence-corrected chi connectivity index (χ2v) is 4.88. The predicted octanol–water partition coefficient (Wildman–Crippen LogP) is 2.75. The maximum Gasteiger partial charge on any atom is 0.00434 e. The predicted molar refractivity (Wildman–Crippen MR) is 57.8 cm³/mol. The third-order valence-electron chi connectivity index (χ3n) is 3.03. The van der Waals surface area contributed by atoms with Gasteiger partial charge in [-0.1, -0.05) is 29.8 Å². The molecule has 1 aliphatic heterocycles. The first-order valence-corrected chi connectivity index (χ1v) is 6.14. The fourth-order valence-electron chi connectivity index (χ4n) is 1.84. The summed E-state index contributed by atoms with van der Waals surface area (Å²) in [5.41, 5.74) is 0. The Hall–Kier alpha value is 0.440. The van der Waals surface area contributed by atoms with Gasteiger partial charge in [-0.2, -0.15) is 0 Å². The van der Waals surface area contributed by atoms with E-state index in [1.165, 1.54) is 32.5 Å². The average Bonchev–Trinajstić information content (AvgIpc) is 2.07. The number of nitrogens with zero attached hydrogens (tertiary/aromatic N) is 1. The van der Waals surface area contributed by atoms with Crippen molar-refractivity contribution in [1.82, 2.24) is 4.90 Å². The standard InChI is InChI=1S/C10H20BrN/c1-9-4-7-12(6-3-5-11)8-10(9)2/h9-10H,3-8H2,1-2H3. The van der Waals surface area contributed by atoms with E-state index >= 15 is 0 Å². The highest BCUT2D eigenvalue weighted by atomic mass is 79.9. The van der Waals surface area contributed by atoms with Crippen LogP contribution in [0, 0.1) is 11.8 Å². The van der Waals surface area contributed by atoms with Crippen molar-refractivity contribution >= 4 is 15.9 Å². The fraction of sp³-hybridized carbons (Fsp3) is 1.00. The van der Waals surface area contributed by atoms with Gasteiger partial charge in [-0.3, -0.25) is 0 Å². The Balaban J connectivity index is 2.21. The lowest BCUT2D eigenvalue weighted by Gasteiger charge is -2.35. The monoisotopic (exact) mass is 233 g/mol. The number of hydrogen-bond donors (Lipinski definition) is 0. The van der Waals surface area contributed by atoms with Crippen LogP contribution in [0.1, 0.15) is 26.7 Å². The molecule has 2 atom stereocenters. The first-order valence-electron chi connectivity index (χ1n) is 5.02. The van der Waals surface area contributed by atoms with E-state index in [2.05, 4.69) is 34.7 Å². The van der Waals surface area contributed by atoms with Crippen molar-refractivity contribution in [2.75, 3.05) is 25.0 Å². The zero-order valence-corrected chi connectivity index (χ0v) is 9.81. The summed E-state index contributed by atoms with van der Waals surface area (Å²) in [7, 11) is 0. The number of rotatable bonds is 3. The van der Waals surface area contributed by atoms with Crippen LogP contribution in [-0.2, 0) is 0 Å². The molecule has 1 nitrogen and oxygen atoms in total. The molecule has 1 heterocycles. The molecule has 1 saturated heterocycles. The summed E-state index contributed by atoms with van der Waals surface area (Å²) in [5.74, 6) is 1.83. The SMILES string of the molecule is CC1CCN(CCCBr)CC1C. The highest BCUT2D eigenvalue weighted by Gasteiger charge is 2.21. The van der Waals surface area contributed by atoms with Crippen LogP contribution in [-0.4, -0.2) is 29.9 Å². The fourth-order valence-corrected chi connectivity index (χ4v) is 2.09. The van der Waals surface area contributed by atoms with Crippen LogP contribution in [0.4, 0.5) is 0 Å². The molecule has 0 aromatic carbocycles. The van der Waals surface area contributed by atoms with Crippen molar-refractivity contribution < 1.29 is 0 Å². The molecule has 12 heavy (non-hydrogen) atoms. The molecule has 1 fully saturated rings. The molecule has 0 N–H and O–H groups in total. The minimum absolute atomic E-state index is 0.897. The van der Waals surface area contributed by atoms with Crippen LogP contribution in [0.25, 0.3) is 0 Å². The van der Waals surface area contributed by atoms with E-state index in [0.29, 0.717) is 0 Å². The quantitative estimate of drug-likeness (QED) is 0.679. The third-order valence-corrected chi connectivity index (χ3v) is 3.59. The Morgan fingerprint density at radius 1 is 1.33 bits per heavy atom. The van der Waals surface area contributed by atoms with Crippen LogP contribution in [0.5, 0.6) is 0 Å². The van der Waals surface area contributed by atoms with Gasteiger partial charge in [0.25, 0.3) is 0 Å². The summed E-state index contributed by atoms with van der Waals surface area (Å²) in [6.07, 6.45) is 2.69. The zero-order chi connectivity index (χ0) is 8.97. The first-order chi connectivity index (χ1) is 5.74. The van der Waals surface area contributed by atoms with Gasteiger partial charge in [-0.05, 0) is 37.8 Å². The molecule has 2 unspecified atom stereocenters. The molecular formula is C10H20BrN. The average molecular weight is 234 g/mol. The second-order valence-electron chi connectivity index (χ2n) is 4.09. The van der Waals surface area contributed by atoms with Crippen molar-refractivity contribution in [2.45, 2.75) is 26.7 Å². The molecule has 0 aromatic heterocycles. The summed E-state index contributed by atoms with van der Waals surface area (Å²) in [4.78, 5) is 2.60. The summed E-state index contributed by atoms with van der Waals surface area (Å²) in [6.45, 7) is 8.67. The van der Waals surface area contributed by atoms with Gasteiger partial charge in [0.1, 0.15) is 0 Å². The minimum atomic E-state index is 0.897.